The molecule has 0 unspecified atom stereocenters. The standard InChI is InChI=1S/C13H17Cl2N3S/c14-11-3-1-2-10(13(11)15)8-17-4-6-18(7-5-17)9-12(16)19/h1-3H,4-9H2,(H2,16,19). The topological polar surface area (TPSA) is 32.5 Å². The predicted octanol–water partition coefficient (Wildman–Crippen LogP) is 2.40. The fourth-order valence-corrected chi connectivity index (χ4v) is 2.80. The Hall–Kier alpha value is -0.390. The minimum atomic E-state index is 0.561. The smallest absolute Gasteiger partial charge is 0.0870 e. The van der Waals surface area contributed by atoms with Crippen molar-refractivity contribution in [3.63, 3.8) is 0 Å². The molecule has 1 fully saturated rings. The molecule has 0 atom stereocenters. The van der Waals surface area contributed by atoms with Gasteiger partial charge in [-0.05, 0) is 11.6 Å². The summed E-state index contributed by atoms with van der Waals surface area (Å²) >= 11 is 17.2. The first-order valence-corrected chi connectivity index (χ1v) is 7.38. The van der Waals surface area contributed by atoms with Crippen LogP contribution < -0.4 is 5.73 Å². The molecular weight excluding hydrogens is 301 g/mol. The second-order valence-electron chi connectivity index (χ2n) is 4.73. The predicted molar refractivity (Wildman–Crippen MR) is 85.0 cm³/mol. The number of thiocarbonyl (C=S) groups is 1. The van der Waals surface area contributed by atoms with Crippen LogP contribution in [0.5, 0.6) is 0 Å². The average Bonchev–Trinajstić information content (AvgIpc) is 2.37. The minimum Gasteiger partial charge on any atom is -0.392 e. The number of nitrogens with zero attached hydrogens (tertiary/aromatic N) is 2. The molecule has 1 saturated heterocycles. The summed E-state index contributed by atoms with van der Waals surface area (Å²) in [5.41, 5.74) is 6.64. The molecule has 1 heterocycles. The number of piperazine rings is 1. The maximum atomic E-state index is 6.21. The van der Waals surface area contributed by atoms with Gasteiger partial charge in [0, 0.05) is 39.3 Å². The van der Waals surface area contributed by atoms with Crippen molar-refractivity contribution in [1.29, 1.82) is 0 Å². The molecule has 0 spiro atoms. The van der Waals surface area contributed by atoms with Crippen LogP contribution in [0.2, 0.25) is 10.0 Å². The molecule has 0 radical (unpaired) electrons. The van der Waals surface area contributed by atoms with Gasteiger partial charge < -0.3 is 5.73 Å². The summed E-state index contributed by atoms with van der Waals surface area (Å²) < 4.78 is 0. The van der Waals surface area contributed by atoms with Gasteiger partial charge in [0.2, 0.25) is 0 Å². The van der Waals surface area contributed by atoms with Gasteiger partial charge in [0.05, 0.1) is 15.0 Å². The number of benzene rings is 1. The molecule has 1 aromatic carbocycles. The van der Waals surface area contributed by atoms with Crippen LogP contribution in [-0.4, -0.2) is 47.5 Å². The molecule has 0 saturated carbocycles. The summed E-state index contributed by atoms with van der Waals surface area (Å²) in [6, 6.07) is 5.77. The highest BCUT2D eigenvalue weighted by atomic mass is 35.5. The summed E-state index contributed by atoms with van der Waals surface area (Å²) in [7, 11) is 0. The third-order valence-corrected chi connectivity index (χ3v) is 4.26. The third-order valence-electron chi connectivity index (χ3n) is 3.27. The maximum Gasteiger partial charge on any atom is 0.0870 e. The lowest BCUT2D eigenvalue weighted by Crippen LogP contribution is -2.48. The van der Waals surface area contributed by atoms with Crippen LogP contribution >= 0.6 is 35.4 Å². The Morgan fingerprint density at radius 3 is 2.42 bits per heavy atom. The zero-order chi connectivity index (χ0) is 13.8. The third kappa shape index (κ3) is 4.29. The van der Waals surface area contributed by atoms with E-state index in [9.17, 15) is 0 Å². The van der Waals surface area contributed by atoms with Crippen LogP contribution in [-0.2, 0) is 6.54 Å². The Bertz CT molecular complexity index is 459. The van der Waals surface area contributed by atoms with Crippen molar-refractivity contribution in [2.24, 2.45) is 5.73 Å². The van der Waals surface area contributed by atoms with Gasteiger partial charge >= 0.3 is 0 Å². The fourth-order valence-electron chi connectivity index (χ4n) is 2.24. The zero-order valence-electron chi connectivity index (χ0n) is 10.6. The van der Waals surface area contributed by atoms with E-state index in [2.05, 4.69) is 9.80 Å². The molecule has 3 nitrogen and oxygen atoms in total. The second-order valence-corrected chi connectivity index (χ2v) is 6.04. The van der Waals surface area contributed by atoms with E-state index in [1.54, 1.807) is 0 Å². The van der Waals surface area contributed by atoms with Gasteiger partial charge in [-0.25, -0.2) is 0 Å². The van der Waals surface area contributed by atoms with Crippen LogP contribution in [0.4, 0.5) is 0 Å². The van der Waals surface area contributed by atoms with Crippen molar-refractivity contribution in [2.45, 2.75) is 6.54 Å². The van der Waals surface area contributed by atoms with Gasteiger partial charge in [-0.1, -0.05) is 47.6 Å². The zero-order valence-corrected chi connectivity index (χ0v) is 12.9. The largest absolute Gasteiger partial charge is 0.392 e. The molecule has 0 bridgehead atoms. The van der Waals surface area contributed by atoms with Gasteiger partial charge in [-0.2, -0.15) is 0 Å². The number of hydrogen-bond acceptors (Lipinski definition) is 3. The van der Waals surface area contributed by atoms with E-state index in [0.717, 1.165) is 38.3 Å². The molecule has 2 rings (SSSR count). The van der Waals surface area contributed by atoms with Gasteiger partial charge in [-0.15, -0.1) is 0 Å². The SMILES string of the molecule is NC(=S)CN1CCN(Cc2cccc(Cl)c2Cl)CC1. The van der Waals surface area contributed by atoms with Gasteiger partial charge in [0.1, 0.15) is 0 Å². The number of hydrogen-bond donors (Lipinski definition) is 1. The summed E-state index contributed by atoms with van der Waals surface area (Å²) in [5, 5.41) is 1.28. The monoisotopic (exact) mass is 317 g/mol. The van der Waals surface area contributed by atoms with E-state index >= 15 is 0 Å². The van der Waals surface area contributed by atoms with Crippen LogP contribution in [0, 0.1) is 0 Å². The van der Waals surface area contributed by atoms with Crippen molar-refractivity contribution in [1.82, 2.24) is 9.80 Å². The average molecular weight is 318 g/mol. The van der Waals surface area contributed by atoms with E-state index in [-0.39, 0.29) is 0 Å². The van der Waals surface area contributed by atoms with Gasteiger partial charge in [0.15, 0.2) is 0 Å². The molecular formula is C13H17Cl2N3S. The maximum absolute atomic E-state index is 6.21. The lowest BCUT2D eigenvalue weighted by molar-refractivity contribution is 0.140. The van der Waals surface area contributed by atoms with E-state index < -0.39 is 0 Å². The molecule has 1 aromatic rings. The first-order chi connectivity index (χ1) is 9.06. The molecule has 1 aliphatic heterocycles. The Morgan fingerprint density at radius 2 is 1.79 bits per heavy atom. The number of nitrogens with two attached hydrogens (primary N) is 1. The summed E-state index contributed by atoms with van der Waals surface area (Å²) in [6.45, 7) is 5.49. The normalized spacial score (nSPS) is 17.6. The Kier molecular flexibility index (Phi) is 5.42. The first kappa shape index (κ1) is 15.0. The fraction of sp³-hybridized carbons (Fsp3) is 0.462. The van der Waals surface area contributed by atoms with E-state index in [1.807, 2.05) is 18.2 Å². The second kappa shape index (κ2) is 6.86. The summed E-state index contributed by atoms with van der Waals surface area (Å²) in [4.78, 5) is 5.21. The van der Waals surface area contributed by atoms with Crippen molar-refractivity contribution in [3.05, 3.63) is 33.8 Å². The molecule has 104 valence electrons. The van der Waals surface area contributed by atoms with Crippen LogP contribution in [0.1, 0.15) is 5.56 Å². The molecule has 19 heavy (non-hydrogen) atoms. The van der Waals surface area contributed by atoms with Crippen molar-refractivity contribution < 1.29 is 0 Å². The minimum absolute atomic E-state index is 0.561. The Morgan fingerprint density at radius 1 is 1.16 bits per heavy atom. The highest BCUT2D eigenvalue weighted by molar-refractivity contribution is 7.80. The van der Waals surface area contributed by atoms with Crippen molar-refractivity contribution >= 4 is 40.4 Å². The van der Waals surface area contributed by atoms with Crippen molar-refractivity contribution in [3.8, 4) is 0 Å². The Labute approximate surface area is 129 Å². The lowest BCUT2D eigenvalue weighted by atomic mass is 10.2. The van der Waals surface area contributed by atoms with Crippen LogP contribution in [0.25, 0.3) is 0 Å². The molecule has 2 N–H and O–H groups in total. The number of halogens is 2. The van der Waals surface area contributed by atoms with Crippen LogP contribution in [0.3, 0.4) is 0 Å². The molecule has 0 aliphatic carbocycles. The van der Waals surface area contributed by atoms with Gasteiger partial charge in [0.25, 0.3) is 0 Å². The Balaban J connectivity index is 1.89. The number of rotatable bonds is 4. The van der Waals surface area contributed by atoms with Crippen LogP contribution in [0.15, 0.2) is 18.2 Å². The highest BCUT2D eigenvalue weighted by Crippen LogP contribution is 2.26. The molecule has 6 heteroatoms. The summed E-state index contributed by atoms with van der Waals surface area (Å²) in [6.07, 6.45) is 0. The molecule has 0 amide bonds. The van der Waals surface area contributed by atoms with Crippen molar-refractivity contribution in [2.75, 3.05) is 32.7 Å². The van der Waals surface area contributed by atoms with Gasteiger partial charge in [-0.3, -0.25) is 9.80 Å². The van der Waals surface area contributed by atoms with E-state index in [4.69, 9.17) is 41.2 Å². The first-order valence-electron chi connectivity index (χ1n) is 6.22. The van der Waals surface area contributed by atoms with E-state index in [0.29, 0.717) is 21.6 Å². The molecule has 1 aliphatic rings. The lowest BCUT2D eigenvalue weighted by Gasteiger charge is -2.34. The quantitative estimate of drug-likeness (QED) is 0.864. The van der Waals surface area contributed by atoms with E-state index in [1.165, 1.54) is 0 Å². The summed E-state index contributed by atoms with van der Waals surface area (Å²) in [5.74, 6) is 0. The highest BCUT2D eigenvalue weighted by Gasteiger charge is 2.18. The molecule has 0 aromatic heterocycles.